The van der Waals surface area contributed by atoms with Gasteiger partial charge in [-0.2, -0.15) is 0 Å². The number of hydrogen-bond donors (Lipinski definition) is 4. The third-order valence-corrected chi connectivity index (χ3v) is 21.7. The highest BCUT2D eigenvalue weighted by Gasteiger charge is 2.64. The minimum atomic E-state index is -0.156. The van der Waals surface area contributed by atoms with E-state index in [1.54, 1.807) is 0 Å². The van der Waals surface area contributed by atoms with Crippen LogP contribution in [-0.4, -0.2) is 44.8 Å². The van der Waals surface area contributed by atoms with E-state index >= 15 is 0 Å². The van der Waals surface area contributed by atoms with Crippen LogP contribution in [0, 0.1) is 92.7 Å². The zero-order valence-corrected chi connectivity index (χ0v) is 36.7. The van der Waals surface area contributed by atoms with Gasteiger partial charge in [-0.15, -0.1) is 0 Å². The van der Waals surface area contributed by atoms with Crippen molar-refractivity contribution in [1.82, 2.24) is 0 Å². The molecule has 0 amide bonds. The monoisotopic (exact) mass is 765 g/mol. The van der Waals surface area contributed by atoms with E-state index in [1.165, 1.54) is 109 Å². The van der Waals surface area contributed by atoms with E-state index < -0.39 is 0 Å². The van der Waals surface area contributed by atoms with Gasteiger partial charge in [0, 0.05) is 0 Å². The van der Waals surface area contributed by atoms with Gasteiger partial charge < -0.3 is 20.4 Å². The van der Waals surface area contributed by atoms with Crippen LogP contribution in [0.25, 0.3) is 0 Å². The zero-order valence-electron chi connectivity index (χ0n) is 36.7. The highest BCUT2D eigenvalue weighted by Crippen LogP contribution is 2.70. The van der Waals surface area contributed by atoms with Gasteiger partial charge in [0.25, 0.3) is 0 Å². The molecule has 0 aromatic carbocycles. The van der Waals surface area contributed by atoms with Crippen LogP contribution >= 0.6 is 0 Å². The van der Waals surface area contributed by atoms with E-state index in [9.17, 15) is 20.4 Å². The lowest BCUT2D eigenvalue weighted by Crippen LogP contribution is -2.58. The number of unbranched alkanes of at least 4 members (excludes halogenated alkanes) is 6. The Morgan fingerprint density at radius 1 is 0.418 bits per heavy atom. The molecule has 8 rings (SSSR count). The second-order valence-electron chi connectivity index (χ2n) is 23.9. The van der Waals surface area contributed by atoms with Crippen molar-refractivity contribution in [3.63, 3.8) is 0 Å². The summed E-state index contributed by atoms with van der Waals surface area (Å²) in [6, 6.07) is 0. The molecule has 8 aliphatic rings. The summed E-state index contributed by atoms with van der Waals surface area (Å²) < 4.78 is 0. The lowest BCUT2D eigenvalue weighted by molar-refractivity contribution is -0.174. The third kappa shape index (κ3) is 7.19. The number of fused-ring (bicyclic) bond motifs is 10. The summed E-state index contributed by atoms with van der Waals surface area (Å²) in [6.45, 7) is 15.5. The van der Waals surface area contributed by atoms with Gasteiger partial charge in [-0.25, -0.2) is 0 Å². The van der Waals surface area contributed by atoms with Gasteiger partial charge >= 0.3 is 0 Å². The van der Waals surface area contributed by atoms with Gasteiger partial charge in [0.15, 0.2) is 0 Å². The van der Waals surface area contributed by atoms with Gasteiger partial charge in [-0.05, 0) is 195 Å². The summed E-state index contributed by atoms with van der Waals surface area (Å²) in [5.74, 6) is 7.97. The summed E-state index contributed by atoms with van der Waals surface area (Å²) in [7, 11) is 0. The molecule has 8 fully saturated rings. The lowest BCUT2D eigenvalue weighted by atomic mass is 9.43. The van der Waals surface area contributed by atoms with Crippen LogP contribution in [0.15, 0.2) is 0 Å². The van der Waals surface area contributed by atoms with Crippen LogP contribution in [0.2, 0.25) is 0 Å². The maximum Gasteiger partial charge on any atom is 0.0577 e. The molecule has 4 nitrogen and oxygen atoms in total. The molecule has 0 aliphatic heterocycles. The Morgan fingerprint density at radius 3 is 1.16 bits per heavy atom. The SMILES string of the molecule is C[C@H](CCCCCCCCC[C@@H](C)[C@H]1CCC2[C@@H]3[C@@H](O)CC4C[C@H](O)CC[C@]4(C)[C@H]3CC[C@@]21C)[C@H]1CCC2[C@@H]3[C@@H](O)CC4C[C@H](O)CC[C@]4(C)[C@H]3CC[C@@]21C. The number of rotatable bonds is 12. The normalized spacial score (nSPS) is 52.9. The molecule has 316 valence electrons. The Kier molecular flexibility index (Phi) is 12.1. The third-order valence-electron chi connectivity index (χ3n) is 21.7. The second kappa shape index (κ2) is 16.0. The molecule has 8 aliphatic carbocycles. The Bertz CT molecular complexity index is 1210. The van der Waals surface area contributed by atoms with Crippen LogP contribution in [0.5, 0.6) is 0 Å². The van der Waals surface area contributed by atoms with Crippen molar-refractivity contribution in [3.8, 4) is 0 Å². The number of hydrogen-bond acceptors (Lipinski definition) is 4. The molecular formula is C51H88O4. The Balaban J connectivity index is 0.733. The average Bonchev–Trinajstić information content (AvgIpc) is 3.69. The summed E-state index contributed by atoms with van der Waals surface area (Å²) >= 11 is 0. The fourth-order valence-corrected chi connectivity index (χ4v) is 18.6. The van der Waals surface area contributed by atoms with Crippen molar-refractivity contribution < 1.29 is 20.4 Å². The minimum Gasteiger partial charge on any atom is -0.393 e. The first-order valence-electron chi connectivity index (χ1n) is 24.9. The number of aliphatic hydroxyl groups excluding tert-OH is 4. The predicted molar refractivity (Wildman–Crippen MR) is 225 cm³/mol. The highest BCUT2D eigenvalue weighted by atomic mass is 16.3. The van der Waals surface area contributed by atoms with Crippen LogP contribution < -0.4 is 0 Å². The van der Waals surface area contributed by atoms with Crippen LogP contribution in [-0.2, 0) is 0 Å². The molecule has 4 N–H and O–H groups in total. The van der Waals surface area contributed by atoms with E-state index in [4.69, 9.17) is 0 Å². The fourth-order valence-electron chi connectivity index (χ4n) is 18.6. The minimum absolute atomic E-state index is 0.147. The van der Waals surface area contributed by atoms with E-state index in [2.05, 4.69) is 41.5 Å². The molecule has 0 saturated heterocycles. The molecule has 4 unspecified atom stereocenters. The van der Waals surface area contributed by atoms with Gasteiger partial charge in [0.05, 0.1) is 24.4 Å². The number of aliphatic hydroxyl groups is 4. The molecule has 0 aromatic heterocycles. The summed E-state index contributed by atoms with van der Waals surface area (Å²) in [5.41, 5.74) is 1.47. The van der Waals surface area contributed by atoms with Crippen molar-refractivity contribution in [3.05, 3.63) is 0 Å². The van der Waals surface area contributed by atoms with Gasteiger partial charge in [-0.1, -0.05) is 99.3 Å². The maximum absolute atomic E-state index is 11.6. The highest BCUT2D eigenvalue weighted by molar-refractivity contribution is 5.13. The molecule has 55 heavy (non-hydrogen) atoms. The Morgan fingerprint density at radius 2 is 0.764 bits per heavy atom. The summed E-state index contributed by atoms with van der Waals surface area (Å²) in [4.78, 5) is 0. The molecule has 0 bridgehead atoms. The molecule has 0 radical (unpaired) electrons. The molecular weight excluding hydrogens is 677 g/mol. The molecule has 0 aromatic rings. The summed E-state index contributed by atoms with van der Waals surface area (Å²) in [5, 5.41) is 44.1. The molecule has 4 heteroatoms. The van der Waals surface area contributed by atoms with Crippen molar-refractivity contribution in [2.75, 3.05) is 0 Å². The van der Waals surface area contributed by atoms with E-state index in [1.807, 2.05) is 0 Å². The van der Waals surface area contributed by atoms with Crippen LogP contribution in [0.3, 0.4) is 0 Å². The van der Waals surface area contributed by atoms with Crippen molar-refractivity contribution in [2.45, 2.75) is 226 Å². The quantitative estimate of drug-likeness (QED) is 0.149. The first-order valence-corrected chi connectivity index (χ1v) is 24.9. The van der Waals surface area contributed by atoms with E-state index in [0.29, 0.717) is 69.0 Å². The first kappa shape index (κ1) is 41.6. The Labute approximate surface area is 338 Å². The van der Waals surface area contributed by atoms with Crippen molar-refractivity contribution >= 4 is 0 Å². The topological polar surface area (TPSA) is 80.9 Å². The van der Waals surface area contributed by atoms with Gasteiger partial charge in [0.1, 0.15) is 0 Å². The van der Waals surface area contributed by atoms with Crippen LogP contribution in [0.4, 0.5) is 0 Å². The average molecular weight is 765 g/mol. The van der Waals surface area contributed by atoms with Gasteiger partial charge in [0.2, 0.25) is 0 Å². The predicted octanol–water partition coefficient (Wildman–Crippen LogP) is 11.8. The fraction of sp³-hybridized carbons (Fsp3) is 1.00. The molecule has 8 saturated carbocycles. The molecule has 0 heterocycles. The maximum atomic E-state index is 11.6. The van der Waals surface area contributed by atoms with Crippen LogP contribution in [0.1, 0.15) is 202 Å². The summed E-state index contributed by atoms with van der Waals surface area (Å²) in [6.07, 6.45) is 30.7. The second-order valence-corrected chi connectivity index (χ2v) is 23.9. The zero-order chi connectivity index (χ0) is 38.9. The van der Waals surface area contributed by atoms with Crippen molar-refractivity contribution in [2.24, 2.45) is 92.7 Å². The Hall–Kier alpha value is -0.160. The lowest BCUT2D eigenvalue weighted by Gasteiger charge is -2.62. The van der Waals surface area contributed by atoms with E-state index in [0.717, 1.165) is 75.0 Å². The standard InChI is InChI=1S/C51H88O4/c1-32(38-16-18-40-46-42(22-26-50(38,40)5)48(3)24-20-36(52)28-34(48)30-44(46)54)14-12-10-8-7-9-11-13-15-33(2)39-17-19-41-47-43(23-27-51(39,41)6)49(4)25-21-37(53)29-35(49)31-45(47)55/h32-47,52-55H,7-31H2,1-6H3/t32-,33-,34?,35?,36-,37-,38-,39-,40?,41?,42+,43+,44+,45+,46+,47+,48+,49+,50-,51-/m1/s1. The largest absolute Gasteiger partial charge is 0.393 e. The van der Waals surface area contributed by atoms with Gasteiger partial charge in [-0.3, -0.25) is 0 Å². The molecule has 20 atom stereocenters. The van der Waals surface area contributed by atoms with E-state index in [-0.39, 0.29) is 24.4 Å². The molecule has 0 spiro atoms. The smallest absolute Gasteiger partial charge is 0.0577 e. The van der Waals surface area contributed by atoms with Crippen molar-refractivity contribution in [1.29, 1.82) is 0 Å². The first-order chi connectivity index (χ1) is 26.2.